The van der Waals surface area contributed by atoms with Crippen LogP contribution in [0.2, 0.25) is 0 Å². The number of rotatable bonds is 7. The number of nitrogens with one attached hydrogen (secondary N) is 2. The molecule has 2 aromatic rings. The summed E-state index contributed by atoms with van der Waals surface area (Å²) in [7, 11) is 0. The Labute approximate surface area is 197 Å². The van der Waals surface area contributed by atoms with Gasteiger partial charge in [-0.05, 0) is 47.4 Å². The highest BCUT2D eigenvalue weighted by molar-refractivity contribution is 5.87. The summed E-state index contributed by atoms with van der Waals surface area (Å²) in [5, 5.41) is 14.9. The maximum atomic E-state index is 12.8. The van der Waals surface area contributed by atoms with Gasteiger partial charge in [0.2, 0.25) is 5.91 Å². The zero-order chi connectivity index (χ0) is 23.9. The molecule has 7 nitrogen and oxygen atoms in total. The average Bonchev–Trinajstić information content (AvgIpc) is 3.26. The van der Waals surface area contributed by atoms with E-state index in [0.717, 1.165) is 22.3 Å². The number of aliphatic carboxylic acids is 1. The first-order valence-electron chi connectivity index (χ1n) is 11.5. The minimum absolute atomic E-state index is 0.0102. The number of carboxylic acid groups (broad SMARTS) is 1. The van der Waals surface area contributed by atoms with Crippen LogP contribution in [0.25, 0.3) is 11.1 Å². The van der Waals surface area contributed by atoms with Crippen LogP contribution in [0.3, 0.4) is 0 Å². The van der Waals surface area contributed by atoms with E-state index in [-0.39, 0.29) is 30.9 Å². The first-order chi connectivity index (χ1) is 16.4. The number of alkyl carbamates (subject to hydrolysis) is 1. The van der Waals surface area contributed by atoms with Gasteiger partial charge in [0, 0.05) is 18.4 Å². The number of carboxylic acids is 1. The van der Waals surface area contributed by atoms with Crippen molar-refractivity contribution in [1.29, 1.82) is 0 Å². The molecule has 4 unspecified atom stereocenters. The molecule has 2 aromatic carbocycles. The SMILES string of the molecule is C#CCC(NC(=O)OCC1c2ccccc2-c2ccccc21)C(=O)NC1CC2CC2(C(=O)O)C1. The van der Waals surface area contributed by atoms with Crippen LogP contribution in [0, 0.1) is 23.7 Å². The summed E-state index contributed by atoms with van der Waals surface area (Å²) in [5.74, 6) is 1.22. The molecule has 2 amide bonds. The van der Waals surface area contributed by atoms with Crippen molar-refractivity contribution in [2.24, 2.45) is 11.3 Å². The zero-order valence-corrected chi connectivity index (χ0v) is 18.6. The van der Waals surface area contributed by atoms with Crippen molar-refractivity contribution >= 4 is 18.0 Å². The number of fused-ring (bicyclic) bond motifs is 4. The minimum Gasteiger partial charge on any atom is -0.481 e. The second kappa shape index (κ2) is 8.53. The van der Waals surface area contributed by atoms with E-state index in [9.17, 15) is 19.5 Å². The summed E-state index contributed by atoms with van der Waals surface area (Å²) < 4.78 is 5.53. The summed E-state index contributed by atoms with van der Waals surface area (Å²) in [5.41, 5.74) is 3.76. The van der Waals surface area contributed by atoms with Gasteiger partial charge in [0.15, 0.2) is 0 Å². The molecule has 0 bridgehead atoms. The number of carbonyl (C=O) groups excluding carboxylic acids is 2. The van der Waals surface area contributed by atoms with Gasteiger partial charge in [0.05, 0.1) is 5.41 Å². The molecule has 0 radical (unpaired) electrons. The zero-order valence-electron chi connectivity index (χ0n) is 18.6. The normalized spacial score (nSPS) is 24.7. The molecule has 5 rings (SSSR count). The van der Waals surface area contributed by atoms with Crippen molar-refractivity contribution in [3.05, 3.63) is 59.7 Å². The monoisotopic (exact) mass is 458 g/mol. The Morgan fingerprint density at radius 1 is 1.09 bits per heavy atom. The maximum Gasteiger partial charge on any atom is 0.407 e. The van der Waals surface area contributed by atoms with E-state index in [2.05, 4.69) is 28.7 Å². The van der Waals surface area contributed by atoms with Crippen LogP contribution in [-0.2, 0) is 14.3 Å². The molecule has 7 heteroatoms. The fraction of sp³-hybridized carbons (Fsp3) is 0.370. The summed E-state index contributed by atoms with van der Waals surface area (Å²) >= 11 is 0. The summed E-state index contributed by atoms with van der Waals surface area (Å²) in [4.78, 5) is 36.9. The fourth-order valence-corrected chi connectivity index (χ4v) is 5.68. The van der Waals surface area contributed by atoms with Gasteiger partial charge in [0.1, 0.15) is 12.6 Å². The van der Waals surface area contributed by atoms with Gasteiger partial charge >= 0.3 is 12.1 Å². The van der Waals surface area contributed by atoms with E-state index in [0.29, 0.717) is 19.3 Å². The highest BCUT2D eigenvalue weighted by atomic mass is 16.5. The summed E-state index contributed by atoms with van der Waals surface area (Å²) in [6.45, 7) is 0.135. The minimum atomic E-state index is -0.946. The van der Waals surface area contributed by atoms with Gasteiger partial charge < -0.3 is 20.5 Å². The Bertz CT molecular complexity index is 1160. The molecule has 2 saturated carbocycles. The molecule has 2 fully saturated rings. The van der Waals surface area contributed by atoms with Gasteiger partial charge in [-0.2, -0.15) is 0 Å². The Hall–Kier alpha value is -3.79. The molecule has 0 heterocycles. The molecular weight excluding hydrogens is 432 g/mol. The van der Waals surface area contributed by atoms with E-state index >= 15 is 0 Å². The van der Waals surface area contributed by atoms with Crippen LogP contribution < -0.4 is 10.6 Å². The topological polar surface area (TPSA) is 105 Å². The van der Waals surface area contributed by atoms with Crippen LogP contribution in [0.5, 0.6) is 0 Å². The van der Waals surface area contributed by atoms with Crippen LogP contribution in [-0.4, -0.2) is 41.8 Å². The molecule has 4 atom stereocenters. The number of ether oxygens (including phenoxy) is 1. The van der Waals surface area contributed by atoms with Crippen molar-refractivity contribution in [3.8, 4) is 23.5 Å². The van der Waals surface area contributed by atoms with E-state index in [1.54, 1.807) is 0 Å². The van der Waals surface area contributed by atoms with E-state index in [1.165, 1.54) is 0 Å². The van der Waals surface area contributed by atoms with Gasteiger partial charge in [-0.25, -0.2) is 4.79 Å². The number of carbonyl (C=O) groups is 3. The number of terminal acetylenes is 1. The fourth-order valence-electron chi connectivity index (χ4n) is 5.68. The third kappa shape index (κ3) is 3.79. The summed E-state index contributed by atoms with van der Waals surface area (Å²) in [6, 6.07) is 14.9. The van der Waals surface area contributed by atoms with Crippen molar-refractivity contribution in [3.63, 3.8) is 0 Å². The second-order valence-electron chi connectivity index (χ2n) is 9.44. The molecule has 0 aliphatic heterocycles. The molecular formula is C27H26N2O5. The van der Waals surface area contributed by atoms with Gasteiger partial charge in [-0.3, -0.25) is 9.59 Å². The first-order valence-corrected chi connectivity index (χ1v) is 11.5. The van der Waals surface area contributed by atoms with Gasteiger partial charge in [-0.15, -0.1) is 12.3 Å². The summed E-state index contributed by atoms with van der Waals surface area (Å²) in [6.07, 6.45) is 6.42. The molecule has 3 N–H and O–H groups in total. The van der Waals surface area contributed by atoms with E-state index in [1.807, 2.05) is 36.4 Å². The first kappa shape index (κ1) is 22.0. The van der Waals surface area contributed by atoms with Crippen molar-refractivity contribution < 1.29 is 24.2 Å². The van der Waals surface area contributed by atoms with Gasteiger partial charge in [0.25, 0.3) is 0 Å². The predicted molar refractivity (Wildman–Crippen MR) is 125 cm³/mol. The van der Waals surface area contributed by atoms with E-state index < -0.39 is 29.4 Å². The predicted octanol–water partition coefficient (Wildman–Crippen LogP) is 3.29. The molecule has 34 heavy (non-hydrogen) atoms. The quantitative estimate of drug-likeness (QED) is 0.553. The lowest BCUT2D eigenvalue weighted by atomic mass is 9.98. The number of hydrogen-bond acceptors (Lipinski definition) is 4. The molecule has 0 aromatic heterocycles. The Morgan fingerprint density at radius 2 is 1.74 bits per heavy atom. The van der Waals surface area contributed by atoms with Crippen LogP contribution in [0.1, 0.15) is 42.7 Å². The smallest absolute Gasteiger partial charge is 0.407 e. The lowest BCUT2D eigenvalue weighted by molar-refractivity contribution is -0.143. The van der Waals surface area contributed by atoms with Crippen LogP contribution >= 0.6 is 0 Å². The number of amides is 2. The standard InChI is InChI=1S/C27H26N2O5/c1-2-7-23(24(30)28-17-12-16-13-27(16,14-17)25(31)32)29-26(33)34-15-22-20-10-5-3-8-18(20)19-9-4-6-11-21(19)22/h1,3-6,8-11,16-17,22-23H,7,12-15H2,(H,28,30)(H,29,33)(H,31,32). The van der Waals surface area contributed by atoms with Crippen molar-refractivity contribution in [2.75, 3.05) is 6.61 Å². The number of benzene rings is 2. The molecule has 174 valence electrons. The van der Waals surface area contributed by atoms with Crippen LogP contribution in [0.15, 0.2) is 48.5 Å². The molecule has 3 aliphatic carbocycles. The van der Waals surface area contributed by atoms with Crippen LogP contribution in [0.4, 0.5) is 4.79 Å². The highest BCUT2D eigenvalue weighted by Crippen LogP contribution is 2.63. The number of hydrogen-bond donors (Lipinski definition) is 3. The Balaban J connectivity index is 1.19. The highest BCUT2D eigenvalue weighted by Gasteiger charge is 2.65. The molecule has 3 aliphatic rings. The van der Waals surface area contributed by atoms with Gasteiger partial charge in [-0.1, -0.05) is 48.5 Å². The third-order valence-corrected chi connectivity index (χ3v) is 7.46. The average molecular weight is 459 g/mol. The lowest BCUT2D eigenvalue weighted by Crippen LogP contribution is -2.49. The Morgan fingerprint density at radius 3 is 2.32 bits per heavy atom. The maximum absolute atomic E-state index is 12.8. The Kier molecular flexibility index (Phi) is 5.52. The van der Waals surface area contributed by atoms with Crippen molar-refractivity contribution in [2.45, 2.75) is 43.7 Å². The molecule has 0 saturated heterocycles. The third-order valence-electron chi connectivity index (χ3n) is 7.46. The lowest BCUT2D eigenvalue weighted by Gasteiger charge is -2.21. The largest absolute Gasteiger partial charge is 0.481 e. The van der Waals surface area contributed by atoms with E-state index in [4.69, 9.17) is 11.2 Å². The van der Waals surface area contributed by atoms with Crippen molar-refractivity contribution in [1.82, 2.24) is 10.6 Å². The molecule has 0 spiro atoms. The second-order valence-corrected chi connectivity index (χ2v) is 9.44.